The third-order valence-corrected chi connectivity index (χ3v) is 8.65. The van der Waals surface area contributed by atoms with E-state index < -0.39 is 5.60 Å². The zero-order valence-corrected chi connectivity index (χ0v) is 23.5. The van der Waals surface area contributed by atoms with Crippen LogP contribution in [0.15, 0.2) is 53.3 Å². The molecule has 0 amide bonds. The van der Waals surface area contributed by atoms with Gasteiger partial charge in [0, 0.05) is 48.4 Å². The molecule has 1 N–H and O–H groups in total. The van der Waals surface area contributed by atoms with Gasteiger partial charge >= 0.3 is 0 Å². The number of nitriles is 1. The molecule has 1 saturated heterocycles. The number of benzene rings is 1. The summed E-state index contributed by atoms with van der Waals surface area (Å²) in [5, 5.41) is 20.7. The minimum absolute atomic E-state index is 0.107. The molecule has 192 valence electrons. The SMILES string of the molecule is CC1CC(C#N)CC=C1c1cccc2c(Br)c(N3CCN(c4ccc(C(C)(C)O)cn4)C(C)C3)cnc12. The Balaban J connectivity index is 1.39. The molecule has 2 aliphatic rings. The normalized spacial score (nSPS) is 22.6. The zero-order chi connectivity index (χ0) is 26.3. The number of aliphatic hydroxyl groups is 1. The van der Waals surface area contributed by atoms with Crippen LogP contribution >= 0.6 is 15.9 Å². The number of hydrogen-bond donors (Lipinski definition) is 1. The minimum atomic E-state index is -0.893. The van der Waals surface area contributed by atoms with Crippen molar-refractivity contribution in [2.45, 2.75) is 52.2 Å². The second-order valence-corrected chi connectivity index (χ2v) is 11.8. The van der Waals surface area contributed by atoms with E-state index in [1.54, 1.807) is 20.0 Å². The first kappa shape index (κ1) is 25.7. The molecule has 1 fully saturated rings. The largest absolute Gasteiger partial charge is 0.386 e. The Bertz CT molecular complexity index is 1370. The molecule has 5 rings (SSSR count). The van der Waals surface area contributed by atoms with Crippen LogP contribution in [-0.4, -0.2) is 40.8 Å². The quantitative estimate of drug-likeness (QED) is 0.405. The summed E-state index contributed by atoms with van der Waals surface area (Å²) in [4.78, 5) is 14.4. The molecule has 0 saturated carbocycles. The summed E-state index contributed by atoms with van der Waals surface area (Å²) in [7, 11) is 0. The summed E-state index contributed by atoms with van der Waals surface area (Å²) in [6.45, 7) is 10.6. The molecule has 1 aromatic carbocycles. The monoisotopic (exact) mass is 559 g/mol. The number of aromatic nitrogens is 2. The molecule has 0 radical (unpaired) electrons. The number of para-hydroxylation sites is 1. The van der Waals surface area contributed by atoms with Crippen LogP contribution < -0.4 is 9.80 Å². The Morgan fingerprint density at radius 3 is 2.57 bits per heavy atom. The lowest BCUT2D eigenvalue weighted by atomic mass is 9.79. The van der Waals surface area contributed by atoms with Gasteiger partial charge in [-0.2, -0.15) is 5.26 Å². The number of rotatable bonds is 4. The lowest BCUT2D eigenvalue weighted by Gasteiger charge is -2.42. The van der Waals surface area contributed by atoms with Crippen molar-refractivity contribution in [2.75, 3.05) is 29.4 Å². The van der Waals surface area contributed by atoms with Crippen molar-refractivity contribution in [3.05, 3.63) is 64.4 Å². The third-order valence-electron chi connectivity index (χ3n) is 7.81. The van der Waals surface area contributed by atoms with Gasteiger partial charge in [0.1, 0.15) is 5.82 Å². The van der Waals surface area contributed by atoms with E-state index >= 15 is 0 Å². The molecule has 37 heavy (non-hydrogen) atoms. The molecule has 0 spiro atoms. The van der Waals surface area contributed by atoms with E-state index in [9.17, 15) is 10.4 Å². The Hall–Kier alpha value is -2.95. The Morgan fingerprint density at radius 2 is 1.92 bits per heavy atom. The van der Waals surface area contributed by atoms with Crippen molar-refractivity contribution in [3.8, 4) is 6.07 Å². The predicted octanol–water partition coefficient (Wildman–Crippen LogP) is 6.29. The highest BCUT2D eigenvalue weighted by Crippen LogP contribution is 2.40. The predicted molar refractivity (Wildman–Crippen MR) is 153 cm³/mol. The fraction of sp³-hybridized carbons (Fsp3) is 0.433. The van der Waals surface area contributed by atoms with Crippen molar-refractivity contribution < 1.29 is 5.11 Å². The van der Waals surface area contributed by atoms with E-state index in [1.165, 1.54) is 11.1 Å². The Morgan fingerprint density at radius 1 is 1.11 bits per heavy atom. The van der Waals surface area contributed by atoms with Crippen molar-refractivity contribution in [2.24, 2.45) is 11.8 Å². The number of fused-ring (bicyclic) bond motifs is 1. The molecular weight excluding hydrogens is 526 g/mol. The van der Waals surface area contributed by atoms with Gasteiger partial charge in [-0.1, -0.05) is 37.3 Å². The molecule has 0 bridgehead atoms. The molecule has 1 aliphatic carbocycles. The van der Waals surface area contributed by atoms with Gasteiger partial charge in [-0.15, -0.1) is 0 Å². The fourth-order valence-electron chi connectivity index (χ4n) is 5.67. The molecule has 7 heteroatoms. The molecule has 3 heterocycles. The average Bonchev–Trinajstić information content (AvgIpc) is 2.88. The van der Waals surface area contributed by atoms with Crippen LogP contribution in [0.1, 0.15) is 51.7 Å². The second-order valence-electron chi connectivity index (χ2n) is 11.0. The third kappa shape index (κ3) is 4.97. The maximum absolute atomic E-state index is 10.2. The van der Waals surface area contributed by atoms with Crippen LogP contribution in [0.2, 0.25) is 0 Å². The van der Waals surface area contributed by atoms with Crippen molar-refractivity contribution >= 4 is 43.9 Å². The number of hydrogen-bond acceptors (Lipinski definition) is 6. The smallest absolute Gasteiger partial charge is 0.128 e. The van der Waals surface area contributed by atoms with Crippen molar-refractivity contribution in [3.63, 3.8) is 0 Å². The van der Waals surface area contributed by atoms with Gasteiger partial charge in [0.25, 0.3) is 0 Å². The van der Waals surface area contributed by atoms with Crippen LogP contribution in [0.5, 0.6) is 0 Å². The van der Waals surface area contributed by atoms with Crippen LogP contribution in [0.3, 0.4) is 0 Å². The van der Waals surface area contributed by atoms with Crippen LogP contribution in [0.4, 0.5) is 11.5 Å². The number of piperazine rings is 1. The number of anilines is 2. The van der Waals surface area contributed by atoms with Gasteiger partial charge < -0.3 is 14.9 Å². The average molecular weight is 561 g/mol. The fourth-order valence-corrected chi connectivity index (χ4v) is 6.34. The lowest BCUT2D eigenvalue weighted by molar-refractivity contribution is 0.0782. The lowest BCUT2D eigenvalue weighted by Crippen LogP contribution is -2.52. The summed E-state index contributed by atoms with van der Waals surface area (Å²) in [5.41, 5.74) is 4.51. The van der Waals surface area contributed by atoms with Gasteiger partial charge in [-0.05, 0) is 67.1 Å². The first-order valence-electron chi connectivity index (χ1n) is 13.0. The van der Waals surface area contributed by atoms with Gasteiger partial charge in [0.15, 0.2) is 0 Å². The molecule has 3 aromatic rings. The number of nitrogens with zero attached hydrogens (tertiary/aromatic N) is 5. The van der Waals surface area contributed by atoms with Gasteiger partial charge in [-0.25, -0.2) is 4.98 Å². The van der Waals surface area contributed by atoms with E-state index in [-0.39, 0.29) is 12.0 Å². The zero-order valence-electron chi connectivity index (χ0n) is 21.9. The highest BCUT2D eigenvalue weighted by atomic mass is 79.9. The minimum Gasteiger partial charge on any atom is -0.386 e. The molecule has 6 nitrogen and oxygen atoms in total. The standard InChI is InChI=1S/C30H34BrN5O/c1-19-14-21(15-32)8-10-23(19)24-6-5-7-25-28(31)26(17-34-29(24)25)35-12-13-36(20(2)18-35)27-11-9-22(16-33-27)30(3,4)37/h5-7,9-11,16-17,19-21,37H,8,12-14,18H2,1-4H3. The van der Waals surface area contributed by atoms with Gasteiger partial charge in [0.05, 0.1) is 39.5 Å². The summed E-state index contributed by atoms with van der Waals surface area (Å²) in [6, 6.07) is 13.1. The molecule has 1 aliphatic heterocycles. The second kappa shape index (κ2) is 10.1. The van der Waals surface area contributed by atoms with Crippen molar-refractivity contribution in [1.82, 2.24) is 9.97 Å². The maximum Gasteiger partial charge on any atom is 0.128 e. The van der Waals surface area contributed by atoms with Crippen LogP contribution in [0, 0.1) is 23.2 Å². The van der Waals surface area contributed by atoms with E-state index in [2.05, 4.69) is 74.9 Å². The molecular formula is C30H34BrN5O. The summed E-state index contributed by atoms with van der Waals surface area (Å²) < 4.78 is 1.08. The summed E-state index contributed by atoms with van der Waals surface area (Å²) >= 11 is 3.92. The van der Waals surface area contributed by atoms with E-state index in [1.807, 2.05) is 18.3 Å². The highest BCUT2D eigenvalue weighted by molar-refractivity contribution is 9.10. The summed E-state index contributed by atoms with van der Waals surface area (Å²) in [5.74, 6) is 1.38. The van der Waals surface area contributed by atoms with E-state index in [0.29, 0.717) is 5.92 Å². The first-order valence-corrected chi connectivity index (χ1v) is 13.8. The van der Waals surface area contributed by atoms with E-state index in [4.69, 9.17) is 4.98 Å². The Kier molecular flexibility index (Phi) is 6.99. The molecule has 3 atom stereocenters. The number of pyridine rings is 2. The van der Waals surface area contributed by atoms with E-state index in [0.717, 1.165) is 64.9 Å². The summed E-state index contributed by atoms with van der Waals surface area (Å²) in [6.07, 6.45) is 7.72. The molecule has 3 unspecified atom stereocenters. The number of halogens is 1. The molecule has 2 aromatic heterocycles. The topological polar surface area (TPSA) is 76.3 Å². The first-order chi connectivity index (χ1) is 17.7. The highest BCUT2D eigenvalue weighted by Gasteiger charge is 2.28. The Labute approximate surface area is 227 Å². The van der Waals surface area contributed by atoms with Crippen LogP contribution in [-0.2, 0) is 5.60 Å². The van der Waals surface area contributed by atoms with Crippen LogP contribution in [0.25, 0.3) is 16.5 Å². The van der Waals surface area contributed by atoms with Crippen molar-refractivity contribution in [1.29, 1.82) is 5.26 Å². The van der Waals surface area contributed by atoms with Gasteiger partial charge in [0.2, 0.25) is 0 Å². The maximum atomic E-state index is 10.2. The van der Waals surface area contributed by atoms with Gasteiger partial charge in [-0.3, -0.25) is 4.98 Å². The number of allylic oxidation sites excluding steroid dienone is 2.